The van der Waals surface area contributed by atoms with E-state index in [9.17, 15) is 45.6 Å². The van der Waals surface area contributed by atoms with Crippen LogP contribution in [0.25, 0.3) is 0 Å². The Morgan fingerprint density at radius 1 is 0.561 bits per heavy atom. The number of unbranched alkanes of at least 4 members (excludes halogenated alkanes) is 18. The first-order valence-electron chi connectivity index (χ1n) is 25.9. The van der Waals surface area contributed by atoms with E-state index in [-0.39, 0.29) is 12.5 Å². The monoisotopic (exact) mass is 940 g/mol. The summed E-state index contributed by atoms with van der Waals surface area (Å²) in [4.78, 5) is 13.2. The molecule has 2 aliphatic heterocycles. The summed E-state index contributed by atoms with van der Waals surface area (Å²) in [5.41, 5.74) is 0. The second-order valence-electron chi connectivity index (χ2n) is 18.3. The first-order valence-corrected chi connectivity index (χ1v) is 25.9. The molecule has 9 N–H and O–H groups in total. The number of ether oxygens (including phenoxy) is 4. The van der Waals surface area contributed by atoms with Gasteiger partial charge in [-0.1, -0.05) is 172 Å². The molecular formula is C52H93NO13. The van der Waals surface area contributed by atoms with Gasteiger partial charge in [0.25, 0.3) is 0 Å². The maximum atomic E-state index is 13.2. The van der Waals surface area contributed by atoms with Crippen LogP contribution in [-0.4, -0.2) is 140 Å². The van der Waals surface area contributed by atoms with E-state index in [4.69, 9.17) is 18.9 Å². The van der Waals surface area contributed by atoms with Crippen LogP contribution in [0.5, 0.6) is 0 Å². The van der Waals surface area contributed by atoms with Crippen molar-refractivity contribution in [2.45, 2.75) is 254 Å². The Morgan fingerprint density at radius 2 is 1.05 bits per heavy atom. The SMILES string of the molecule is CC/C=C\C/C=C\C/C=C\C/C=C\CCCCCCCCCCCCC(=O)NC(COC1OC(CO)C(OC2OC(CO)C(O)C(O)C2O)C(O)C1O)C(O)CCCCCCCCCCC. The molecule has 0 bridgehead atoms. The third-order valence-corrected chi connectivity index (χ3v) is 12.6. The molecule has 12 atom stereocenters. The van der Waals surface area contributed by atoms with Gasteiger partial charge in [-0.05, 0) is 51.4 Å². The van der Waals surface area contributed by atoms with E-state index in [1.807, 2.05) is 0 Å². The molecule has 2 saturated heterocycles. The Morgan fingerprint density at radius 3 is 1.61 bits per heavy atom. The molecule has 0 radical (unpaired) electrons. The van der Waals surface area contributed by atoms with Crippen LogP contribution in [0.1, 0.15) is 181 Å². The highest BCUT2D eigenvalue weighted by atomic mass is 16.7. The first-order chi connectivity index (χ1) is 32.1. The van der Waals surface area contributed by atoms with Gasteiger partial charge in [0, 0.05) is 6.42 Å². The summed E-state index contributed by atoms with van der Waals surface area (Å²) in [7, 11) is 0. The molecule has 2 heterocycles. The van der Waals surface area contributed by atoms with Gasteiger partial charge in [-0.25, -0.2) is 0 Å². The van der Waals surface area contributed by atoms with E-state index in [1.165, 1.54) is 70.6 Å². The second kappa shape index (κ2) is 38.8. The molecule has 0 spiro atoms. The number of aliphatic hydroxyl groups is 8. The average Bonchev–Trinajstić information content (AvgIpc) is 3.31. The van der Waals surface area contributed by atoms with Gasteiger partial charge in [-0.3, -0.25) is 4.79 Å². The first kappa shape index (κ1) is 60.1. The summed E-state index contributed by atoms with van der Waals surface area (Å²) in [6.07, 6.45) is 28.4. The molecule has 12 unspecified atom stereocenters. The normalized spacial score (nSPS) is 27.2. The fraction of sp³-hybridized carbons (Fsp3) is 0.827. The molecule has 2 fully saturated rings. The van der Waals surface area contributed by atoms with Crippen molar-refractivity contribution in [2.24, 2.45) is 0 Å². The van der Waals surface area contributed by atoms with E-state index in [2.05, 4.69) is 67.8 Å². The minimum absolute atomic E-state index is 0.216. The molecule has 2 rings (SSSR count). The van der Waals surface area contributed by atoms with Crippen molar-refractivity contribution >= 4 is 5.91 Å². The Labute approximate surface area is 397 Å². The highest BCUT2D eigenvalue weighted by Gasteiger charge is 2.51. The maximum absolute atomic E-state index is 13.2. The van der Waals surface area contributed by atoms with Crippen molar-refractivity contribution in [1.82, 2.24) is 5.32 Å². The number of amides is 1. The zero-order valence-electron chi connectivity index (χ0n) is 40.7. The summed E-state index contributed by atoms with van der Waals surface area (Å²) < 4.78 is 22.7. The fourth-order valence-corrected chi connectivity index (χ4v) is 8.34. The van der Waals surface area contributed by atoms with Gasteiger partial charge in [0.15, 0.2) is 12.6 Å². The Kier molecular flexibility index (Phi) is 35.3. The van der Waals surface area contributed by atoms with Gasteiger partial charge < -0.3 is 65.1 Å². The standard InChI is InChI=1S/C52H93NO13/c1-3-5-7-9-11-13-14-15-16-17-18-19-20-21-22-23-24-25-26-28-30-32-34-36-44(57)53-40(41(56)35-33-31-29-27-12-10-8-6-4-2)39-63-51-49(62)47(60)50(43(38-55)65-51)66-52-48(61)46(59)45(58)42(37-54)64-52/h5,7,11,13,15-16,18-19,40-43,45-52,54-56,58-62H,3-4,6,8-10,12,14,17,20-39H2,1-2H3,(H,53,57)/b7-5-,13-11-,16-15-,19-18-. The fourth-order valence-electron chi connectivity index (χ4n) is 8.34. The maximum Gasteiger partial charge on any atom is 0.220 e. The van der Waals surface area contributed by atoms with Crippen LogP contribution in [0.3, 0.4) is 0 Å². The molecule has 1 amide bonds. The predicted octanol–water partition coefficient (Wildman–Crippen LogP) is 6.88. The van der Waals surface area contributed by atoms with E-state index in [1.54, 1.807) is 0 Å². The van der Waals surface area contributed by atoms with Crippen LogP contribution in [0, 0.1) is 0 Å². The molecule has 14 heteroatoms. The highest BCUT2D eigenvalue weighted by molar-refractivity contribution is 5.76. The molecular weight excluding hydrogens is 847 g/mol. The number of carbonyl (C=O) groups is 1. The number of hydrogen-bond acceptors (Lipinski definition) is 13. The summed E-state index contributed by atoms with van der Waals surface area (Å²) in [6, 6.07) is -0.830. The van der Waals surface area contributed by atoms with Crippen LogP contribution in [0.4, 0.5) is 0 Å². The van der Waals surface area contributed by atoms with Crippen LogP contribution >= 0.6 is 0 Å². The van der Waals surface area contributed by atoms with Crippen LogP contribution < -0.4 is 5.32 Å². The number of aliphatic hydroxyl groups excluding tert-OH is 8. The lowest BCUT2D eigenvalue weighted by molar-refractivity contribution is -0.359. The lowest BCUT2D eigenvalue weighted by Gasteiger charge is -2.46. The Balaban J connectivity index is 1.75. The van der Waals surface area contributed by atoms with Gasteiger partial charge in [0.1, 0.15) is 48.8 Å². The molecule has 14 nitrogen and oxygen atoms in total. The van der Waals surface area contributed by atoms with Crippen LogP contribution in [0.15, 0.2) is 48.6 Å². The van der Waals surface area contributed by atoms with Crippen LogP contribution in [0.2, 0.25) is 0 Å². The quantitative estimate of drug-likeness (QED) is 0.0227. The lowest BCUT2D eigenvalue weighted by atomic mass is 9.97. The largest absolute Gasteiger partial charge is 0.394 e. The van der Waals surface area contributed by atoms with Crippen molar-refractivity contribution in [3.63, 3.8) is 0 Å². The van der Waals surface area contributed by atoms with Crippen molar-refractivity contribution in [2.75, 3.05) is 19.8 Å². The molecule has 66 heavy (non-hydrogen) atoms. The molecule has 2 aliphatic rings. The average molecular weight is 940 g/mol. The molecule has 0 aromatic rings. The lowest BCUT2D eigenvalue weighted by Crippen LogP contribution is -2.65. The van der Waals surface area contributed by atoms with Crippen molar-refractivity contribution < 1.29 is 64.6 Å². The summed E-state index contributed by atoms with van der Waals surface area (Å²) >= 11 is 0. The topological polar surface area (TPSA) is 228 Å². The van der Waals surface area contributed by atoms with E-state index in [0.717, 1.165) is 83.5 Å². The van der Waals surface area contributed by atoms with E-state index >= 15 is 0 Å². The van der Waals surface area contributed by atoms with Crippen molar-refractivity contribution in [3.8, 4) is 0 Å². The van der Waals surface area contributed by atoms with Crippen LogP contribution in [-0.2, 0) is 23.7 Å². The van der Waals surface area contributed by atoms with E-state index in [0.29, 0.717) is 12.8 Å². The Hall–Kier alpha value is -2.05. The highest BCUT2D eigenvalue weighted by Crippen LogP contribution is 2.30. The molecule has 0 saturated carbocycles. The summed E-state index contributed by atoms with van der Waals surface area (Å²) in [5.74, 6) is -0.216. The zero-order valence-corrected chi connectivity index (χ0v) is 40.7. The minimum Gasteiger partial charge on any atom is -0.394 e. The van der Waals surface area contributed by atoms with Gasteiger partial charge in [-0.15, -0.1) is 0 Å². The molecule has 0 aromatic carbocycles. The van der Waals surface area contributed by atoms with Gasteiger partial charge >= 0.3 is 0 Å². The predicted molar refractivity (Wildman–Crippen MR) is 258 cm³/mol. The Bertz CT molecular complexity index is 1290. The number of hydrogen-bond donors (Lipinski definition) is 9. The molecule has 0 aromatic heterocycles. The third kappa shape index (κ3) is 25.5. The number of carbonyl (C=O) groups excluding carboxylic acids is 1. The minimum atomic E-state index is -1.78. The second-order valence-corrected chi connectivity index (χ2v) is 18.3. The molecule has 384 valence electrons. The number of nitrogens with one attached hydrogen (secondary N) is 1. The summed E-state index contributed by atoms with van der Waals surface area (Å²) in [6.45, 7) is 2.69. The van der Waals surface area contributed by atoms with Gasteiger partial charge in [-0.2, -0.15) is 0 Å². The van der Waals surface area contributed by atoms with Crippen molar-refractivity contribution in [3.05, 3.63) is 48.6 Å². The third-order valence-electron chi connectivity index (χ3n) is 12.6. The van der Waals surface area contributed by atoms with Gasteiger partial charge in [0.05, 0.1) is 32.0 Å². The smallest absolute Gasteiger partial charge is 0.220 e. The number of rotatable bonds is 39. The van der Waals surface area contributed by atoms with Crippen molar-refractivity contribution in [1.29, 1.82) is 0 Å². The zero-order chi connectivity index (χ0) is 48.2. The molecule has 0 aliphatic carbocycles. The number of allylic oxidation sites excluding steroid dienone is 8. The van der Waals surface area contributed by atoms with E-state index < -0.39 is 86.8 Å². The summed E-state index contributed by atoms with van der Waals surface area (Å²) in [5, 5.41) is 86.7. The van der Waals surface area contributed by atoms with Gasteiger partial charge in [0.2, 0.25) is 5.91 Å².